The normalized spacial score (nSPS) is 11.8. The number of guanidine groups is 1. The Hall–Kier alpha value is -1.77. The molecule has 6 nitrogen and oxygen atoms in total. The second kappa shape index (κ2) is 10.5. The molecule has 4 N–H and O–H groups in total. The van der Waals surface area contributed by atoms with Crippen molar-refractivity contribution in [1.29, 1.82) is 0 Å². The number of carbonyl (C=O) groups is 1. The number of nitrogens with zero attached hydrogens (tertiary/aromatic N) is 1. The summed E-state index contributed by atoms with van der Waals surface area (Å²) in [5.74, 6) is 0.578. The first kappa shape index (κ1) is 23.3. The van der Waals surface area contributed by atoms with Gasteiger partial charge in [0.05, 0.1) is 0 Å². The summed E-state index contributed by atoms with van der Waals surface area (Å²) in [6.07, 6.45) is 2.95. The molecule has 2 aromatic rings. The largest absolute Gasteiger partial charge is 0.361 e. The maximum absolute atomic E-state index is 11.9. The number of benzene rings is 1. The Bertz CT molecular complexity index is 776. The van der Waals surface area contributed by atoms with Crippen LogP contribution in [0.2, 0.25) is 0 Å². The van der Waals surface area contributed by atoms with Crippen LogP contribution in [-0.2, 0) is 11.2 Å². The van der Waals surface area contributed by atoms with Crippen molar-refractivity contribution in [3.05, 3.63) is 35.5 Å². The molecule has 0 aliphatic heterocycles. The number of nitrogens with one attached hydrogen (secondary N) is 4. The van der Waals surface area contributed by atoms with Crippen molar-refractivity contribution in [2.24, 2.45) is 4.99 Å². The fourth-order valence-electron chi connectivity index (χ4n) is 2.84. The number of aryl methyl sites for hydroxylation is 1. The molecule has 0 spiro atoms. The van der Waals surface area contributed by atoms with Crippen LogP contribution in [0.4, 0.5) is 0 Å². The second-order valence-corrected chi connectivity index (χ2v) is 7.48. The fraction of sp³-hybridized carbons (Fsp3) is 0.500. The van der Waals surface area contributed by atoms with Gasteiger partial charge < -0.3 is 20.9 Å². The van der Waals surface area contributed by atoms with Gasteiger partial charge in [0.15, 0.2) is 5.96 Å². The van der Waals surface area contributed by atoms with E-state index in [0.717, 1.165) is 19.5 Å². The van der Waals surface area contributed by atoms with E-state index in [0.29, 0.717) is 5.96 Å². The van der Waals surface area contributed by atoms with Gasteiger partial charge in [-0.3, -0.25) is 4.79 Å². The molecule has 0 aliphatic rings. The molecule has 1 aromatic carbocycles. The summed E-state index contributed by atoms with van der Waals surface area (Å²) < 4.78 is 0. The molecule has 0 saturated heterocycles. The van der Waals surface area contributed by atoms with Crippen LogP contribution in [0.15, 0.2) is 29.4 Å². The molecule has 0 bridgehead atoms. The summed E-state index contributed by atoms with van der Waals surface area (Å²) in [6, 6.07) is 6.34. The van der Waals surface area contributed by atoms with E-state index >= 15 is 0 Å². The highest BCUT2D eigenvalue weighted by atomic mass is 127. The van der Waals surface area contributed by atoms with Crippen molar-refractivity contribution in [3.8, 4) is 0 Å². The van der Waals surface area contributed by atoms with Crippen molar-refractivity contribution in [3.63, 3.8) is 0 Å². The number of para-hydroxylation sites is 1. The van der Waals surface area contributed by atoms with E-state index in [-0.39, 0.29) is 42.0 Å². The summed E-state index contributed by atoms with van der Waals surface area (Å²) >= 11 is 0. The van der Waals surface area contributed by atoms with Gasteiger partial charge in [-0.25, -0.2) is 4.99 Å². The van der Waals surface area contributed by atoms with Gasteiger partial charge >= 0.3 is 0 Å². The van der Waals surface area contributed by atoms with Crippen molar-refractivity contribution < 1.29 is 4.79 Å². The van der Waals surface area contributed by atoms with Crippen molar-refractivity contribution in [1.82, 2.24) is 20.9 Å². The summed E-state index contributed by atoms with van der Waals surface area (Å²) in [5, 5.41) is 10.7. The first-order chi connectivity index (χ1) is 12.3. The number of hydrogen-bond donors (Lipinski definition) is 4. The van der Waals surface area contributed by atoms with Crippen molar-refractivity contribution in [2.45, 2.75) is 46.6 Å². The minimum atomic E-state index is -0.244. The molecule has 0 unspecified atom stereocenters. The zero-order valence-electron chi connectivity index (χ0n) is 16.9. The first-order valence-corrected chi connectivity index (χ1v) is 9.19. The molecule has 150 valence electrons. The SMILES string of the molecule is CCNC(=NCC(=O)NC(C)(C)C)NCCc1c[nH]c2c(C)cccc12.I. The van der Waals surface area contributed by atoms with Crippen LogP contribution in [0.25, 0.3) is 10.9 Å². The van der Waals surface area contributed by atoms with E-state index in [1.165, 1.54) is 22.0 Å². The lowest BCUT2D eigenvalue weighted by atomic mass is 10.1. The standard InChI is InChI=1S/C20H31N5O.HI/c1-6-21-19(24-13-17(26)25-20(3,4)5)22-11-10-15-12-23-18-14(2)8-7-9-16(15)18;/h7-9,12,23H,6,10-11,13H2,1-5H3,(H,25,26)(H2,21,22,24);1H. The molecule has 0 fully saturated rings. The van der Waals surface area contributed by atoms with E-state index in [2.05, 4.69) is 57.2 Å². The molecule has 1 amide bonds. The van der Waals surface area contributed by atoms with Gasteiger partial charge in [0, 0.05) is 35.7 Å². The van der Waals surface area contributed by atoms with Crippen molar-refractivity contribution in [2.75, 3.05) is 19.6 Å². The molecular formula is C20H32IN5O. The lowest BCUT2D eigenvalue weighted by molar-refractivity contribution is -0.121. The zero-order chi connectivity index (χ0) is 19.2. The molecule has 0 aliphatic carbocycles. The van der Waals surface area contributed by atoms with Crippen LogP contribution < -0.4 is 16.0 Å². The number of rotatable bonds is 6. The Balaban J connectivity index is 0.00000364. The van der Waals surface area contributed by atoms with E-state index in [1.807, 2.05) is 27.7 Å². The van der Waals surface area contributed by atoms with E-state index < -0.39 is 0 Å². The number of H-pyrrole nitrogens is 1. The monoisotopic (exact) mass is 485 g/mol. The molecule has 2 rings (SSSR count). The summed E-state index contributed by atoms with van der Waals surface area (Å²) in [5.41, 5.74) is 3.48. The Labute approximate surface area is 179 Å². The average molecular weight is 485 g/mol. The maximum Gasteiger partial charge on any atom is 0.242 e. The topological polar surface area (TPSA) is 81.3 Å². The smallest absolute Gasteiger partial charge is 0.242 e. The highest BCUT2D eigenvalue weighted by Crippen LogP contribution is 2.21. The lowest BCUT2D eigenvalue weighted by Gasteiger charge is -2.20. The lowest BCUT2D eigenvalue weighted by Crippen LogP contribution is -2.43. The maximum atomic E-state index is 11.9. The van der Waals surface area contributed by atoms with E-state index in [9.17, 15) is 4.79 Å². The number of aromatic amines is 1. The average Bonchev–Trinajstić information content (AvgIpc) is 2.96. The van der Waals surface area contributed by atoms with Gasteiger partial charge in [0.1, 0.15) is 6.54 Å². The van der Waals surface area contributed by atoms with Crippen LogP contribution in [0, 0.1) is 6.92 Å². The minimum absolute atomic E-state index is 0. The molecule has 0 saturated carbocycles. The molecule has 27 heavy (non-hydrogen) atoms. The van der Waals surface area contributed by atoms with Gasteiger partial charge in [-0.05, 0) is 52.2 Å². The van der Waals surface area contributed by atoms with Crippen LogP contribution >= 0.6 is 24.0 Å². The number of hydrogen-bond acceptors (Lipinski definition) is 2. The number of amides is 1. The third kappa shape index (κ3) is 7.40. The van der Waals surface area contributed by atoms with E-state index in [4.69, 9.17) is 0 Å². The molecular weight excluding hydrogens is 453 g/mol. The van der Waals surface area contributed by atoms with Gasteiger partial charge in [-0.2, -0.15) is 0 Å². The van der Waals surface area contributed by atoms with Crippen LogP contribution in [0.5, 0.6) is 0 Å². The summed E-state index contributed by atoms with van der Waals surface area (Å²) in [7, 11) is 0. The Morgan fingerprint density at radius 1 is 1.22 bits per heavy atom. The second-order valence-electron chi connectivity index (χ2n) is 7.48. The molecule has 7 heteroatoms. The highest BCUT2D eigenvalue weighted by Gasteiger charge is 2.13. The molecule has 0 radical (unpaired) electrons. The minimum Gasteiger partial charge on any atom is -0.361 e. The molecule has 1 aromatic heterocycles. The number of fused-ring (bicyclic) bond motifs is 1. The summed E-state index contributed by atoms with van der Waals surface area (Å²) in [4.78, 5) is 19.7. The van der Waals surface area contributed by atoms with Crippen LogP contribution in [0.3, 0.4) is 0 Å². The summed E-state index contributed by atoms with van der Waals surface area (Å²) in [6.45, 7) is 11.6. The first-order valence-electron chi connectivity index (χ1n) is 9.19. The van der Waals surface area contributed by atoms with Gasteiger partial charge in [0.2, 0.25) is 5.91 Å². The number of aromatic nitrogens is 1. The predicted molar refractivity (Wildman–Crippen MR) is 124 cm³/mol. The van der Waals surface area contributed by atoms with Gasteiger partial charge in [-0.15, -0.1) is 24.0 Å². The van der Waals surface area contributed by atoms with Crippen LogP contribution in [-0.4, -0.2) is 42.0 Å². The zero-order valence-corrected chi connectivity index (χ0v) is 19.2. The van der Waals surface area contributed by atoms with E-state index in [1.54, 1.807) is 0 Å². The fourth-order valence-corrected chi connectivity index (χ4v) is 2.84. The molecule has 1 heterocycles. The molecule has 0 atom stereocenters. The Morgan fingerprint density at radius 3 is 2.63 bits per heavy atom. The van der Waals surface area contributed by atoms with Crippen LogP contribution in [0.1, 0.15) is 38.8 Å². The Kier molecular flexibility index (Phi) is 9.08. The number of halogens is 1. The quantitative estimate of drug-likeness (QED) is 0.289. The van der Waals surface area contributed by atoms with Gasteiger partial charge in [0.25, 0.3) is 0 Å². The third-order valence-electron chi connectivity index (χ3n) is 3.94. The van der Waals surface area contributed by atoms with Gasteiger partial charge in [-0.1, -0.05) is 18.2 Å². The highest BCUT2D eigenvalue weighted by molar-refractivity contribution is 14.0. The third-order valence-corrected chi connectivity index (χ3v) is 3.94. The number of carbonyl (C=O) groups excluding carboxylic acids is 1. The Morgan fingerprint density at radius 2 is 1.96 bits per heavy atom. The van der Waals surface area contributed by atoms with Crippen molar-refractivity contribution >= 4 is 46.7 Å². The number of aliphatic imine (C=N–C) groups is 1. The predicted octanol–water partition coefficient (Wildman–Crippen LogP) is 3.11.